The zero-order valence-electron chi connectivity index (χ0n) is 16.3. The Bertz CT molecular complexity index is 814. The molecular weight excluding hydrogens is 399 g/mol. The van der Waals surface area contributed by atoms with Gasteiger partial charge in [0.2, 0.25) is 0 Å². The van der Waals surface area contributed by atoms with Crippen molar-refractivity contribution in [1.82, 2.24) is 4.98 Å². The van der Waals surface area contributed by atoms with Gasteiger partial charge in [0.25, 0.3) is 5.92 Å². The molecule has 0 spiro atoms. The third-order valence-electron chi connectivity index (χ3n) is 5.39. The number of benzene rings is 1. The van der Waals surface area contributed by atoms with Crippen molar-refractivity contribution in [2.75, 3.05) is 0 Å². The van der Waals surface area contributed by atoms with Gasteiger partial charge in [-0.05, 0) is 60.9 Å². The van der Waals surface area contributed by atoms with Gasteiger partial charge in [0.1, 0.15) is 11.5 Å². The van der Waals surface area contributed by atoms with E-state index in [1.807, 2.05) is 6.07 Å². The number of alkyl halides is 2. The minimum atomic E-state index is -2.93. The molecule has 1 atom stereocenters. The molecule has 1 aliphatic rings. The maximum atomic E-state index is 12.9. The van der Waals surface area contributed by atoms with E-state index in [2.05, 4.69) is 11.9 Å². The van der Waals surface area contributed by atoms with Crippen molar-refractivity contribution in [2.24, 2.45) is 5.92 Å². The van der Waals surface area contributed by atoms with E-state index in [9.17, 15) is 18.0 Å². The predicted octanol–water partition coefficient (Wildman–Crippen LogP) is 7.72. The molecule has 1 aliphatic carbocycles. The van der Waals surface area contributed by atoms with Gasteiger partial charge in [-0.3, -0.25) is 9.78 Å². The number of pyridine rings is 1. The van der Waals surface area contributed by atoms with E-state index in [4.69, 9.17) is 11.6 Å². The summed E-state index contributed by atoms with van der Waals surface area (Å²) in [5.74, 6) is -1.99. The molecule has 2 aromatic rings. The molecule has 1 aromatic carbocycles. The van der Waals surface area contributed by atoms with E-state index >= 15 is 0 Å². The third kappa shape index (κ3) is 6.56. The molecule has 1 fully saturated rings. The molecule has 29 heavy (non-hydrogen) atoms. The number of halogens is 4. The van der Waals surface area contributed by atoms with Crippen LogP contribution in [-0.2, 0) is 5.92 Å². The topological polar surface area (TPSA) is 30.0 Å². The van der Waals surface area contributed by atoms with Gasteiger partial charge in [-0.15, -0.1) is 0 Å². The lowest BCUT2D eigenvalue weighted by molar-refractivity contribution is 0.0167. The maximum Gasteiger partial charge on any atom is 0.270 e. The average Bonchev–Trinajstić information content (AvgIpc) is 3.15. The normalized spacial score (nSPS) is 15.1. The van der Waals surface area contributed by atoms with Crippen molar-refractivity contribution in [2.45, 2.75) is 65.7 Å². The SMILES string of the molecule is C.CC(c1ccc(F)cc1Cl)C1CCCC1.Cc1c(C(C)(F)F)ccnc1C=O. The van der Waals surface area contributed by atoms with Crippen LogP contribution >= 0.6 is 11.6 Å². The van der Waals surface area contributed by atoms with E-state index in [0.29, 0.717) is 17.2 Å². The standard InChI is InChI=1S/C13H16ClF.C9H9F2NO.CH4/c1-9(10-4-2-3-5-10)12-7-6-11(15)8-13(12)14;1-6-7(9(2,10)11)3-4-12-8(6)5-13;/h6-10H,2-5H2,1H3;3-5H,1-2H3;1H4. The van der Waals surface area contributed by atoms with Crippen LogP contribution < -0.4 is 0 Å². The molecule has 0 amide bonds. The summed E-state index contributed by atoms with van der Waals surface area (Å²) < 4.78 is 38.7. The Hall–Kier alpha value is -1.88. The summed E-state index contributed by atoms with van der Waals surface area (Å²) in [7, 11) is 0. The molecule has 0 radical (unpaired) electrons. The molecule has 1 aromatic heterocycles. The Labute approximate surface area is 176 Å². The second-order valence-electron chi connectivity index (χ2n) is 7.37. The number of aromatic nitrogens is 1. The molecular formula is C23H29ClF3NO. The summed E-state index contributed by atoms with van der Waals surface area (Å²) in [5.41, 5.74) is 1.26. The largest absolute Gasteiger partial charge is 0.296 e. The van der Waals surface area contributed by atoms with Crippen LogP contribution in [0.15, 0.2) is 30.5 Å². The number of aldehydes is 1. The van der Waals surface area contributed by atoms with E-state index in [-0.39, 0.29) is 30.1 Å². The van der Waals surface area contributed by atoms with Gasteiger partial charge in [0, 0.05) is 23.7 Å². The smallest absolute Gasteiger partial charge is 0.270 e. The van der Waals surface area contributed by atoms with Crippen molar-refractivity contribution < 1.29 is 18.0 Å². The number of nitrogens with zero attached hydrogens (tertiary/aromatic N) is 1. The Kier molecular flexibility index (Phi) is 9.34. The average molecular weight is 428 g/mol. The van der Waals surface area contributed by atoms with Crippen molar-refractivity contribution in [1.29, 1.82) is 0 Å². The van der Waals surface area contributed by atoms with Crippen LogP contribution in [0.1, 0.15) is 80.1 Å². The number of rotatable bonds is 4. The molecule has 3 rings (SSSR count). The molecule has 1 unspecified atom stereocenters. The van der Waals surface area contributed by atoms with Crippen LogP contribution in [0.3, 0.4) is 0 Å². The Morgan fingerprint density at radius 2 is 1.86 bits per heavy atom. The maximum absolute atomic E-state index is 12.9. The van der Waals surface area contributed by atoms with Gasteiger partial charge in [-0.25, -0.2) is 13.2 Å². The highest BCUT2D eigenvalue weighted by molar-refractivity contribution is 6.31. The fourth-order valence-electron chi connectivity index (χ4n) is 3.73. The van der Waals surface area contributed by atoms with Gasteiger partial charge in [-0.1, -0.05) is 44.9 Å². The Morgan fingerprint density at radius 3 is 2.38 bits per heavy atom. The Balaban J connectivity index is 0.000000284. The van der Waals surface area contributed by atoms with E-state index in [1.165, 1.54) is 57.0 Å². The summed E-state index contributed by atoms with van der Waals surface area (Å²) in [5, 5.41) is 0.578. The fraction of sp³-hybridized carbons (Fsp3) is 0.478. The lowest BCUT2D eigenvalue weighted by atomic mass is 9.86. The van der Waals surface area contributed by atoms with Crippen LogP contribution in [-0.4, -0.2) is 11.3 Å². The van der Waals surface area contributed by atoms with Gasteiger partial charge in [0.05, 0.1) is 0 Å². The van der Waals surface area contributed by atoms with Crippen molar-refractivity contribution in [3.8, 4) is 0 Å². The van der Waals surface area contributed by atoms with Gasteiger partial charge in [-0.2, -0.15) is 0 Å². The molecule has 0 bridgehead atoms. The van der Waals surface area contributed by atoms with E-state index < -0.39 is 5.92 Å². The lowest BCUT2D eigenvalue weighted by Gasteiger charge is -2.20. The van der Waals surface area contributed by atoms with Crippen LogP contribution in [0.4, 0.5) is 13.2 Å². The van der Waals surface area contributed by atoms with Crippen LogP contribution in [0.5, 0.6) is 0 Å². The van der Waals surface area contributed by atoms with Crippen LogP contribution in [0.25, 0.3) is 0 Å². The van der Waals surface area contributed by atoms with Crippen LogP contribution in [0, 0.1) is 18.7 Å². The third-order valence-corrected chi connectivity index (χ3v) is 5.71. The van der Waals surface area contributed by atoms with Crippen molar-refractivity contribution >= 4 is 17.9 Å². The van der Waals surface area contributed by atoms with E-state index in [1.54, 1.807) is 0 Å². The number of hydrogen-bond acceptors (Lipinski definition) is 2. The highest BCUT2D eigenvalue weighted by Gasteiger charge is 2.27. The molecule has 160 valence electrons. The zero-order valence-corrected chi connectivity index (χ0v) is 17.1. The minimum Gasteiger partial charge on any atom is -0.296 e. The molecule has 1 saturated carbocycles. The van der Waals surface area contributed by atoms with Gasteiger partial charge in [0.15, 0.2) is 6.29 Å². The summed E-state index contributed by atoms with van der Waals surface area (Å²) in [6.07, 6.45) is 6.92. The second kappa shape index (κ2) is 10.8. The number of hydrogen-bond donors (Lipinski definition) is 0. The highest BCUT2D eigenvalue weighted by atomic mass is 35.5. The number of carbonyl (C=O) groups is 1. The van der Waals surface area contributed by atoms with E-state index in [0.717, 1.165) is 18.4 Å². The minimum absolute atomic E-state index is 0. The van der Waals surface area contributed by atoms with Gasteiger partial charge < -0.3 is 0 Å². The van der Waals surface area contributed by atoms with Crippen molar-refractivity contribution in [3.05, 3.63) is 63.7 Å². The second-order valence-corrected chi connectivity index (χ2v) is 7.78. The molecule has 6 heteroatoms. The first-order valence-electron chi connectivity index (χ1n) is 9.39. The first-order chi connectivity index (χ1) is 13.1. The fourth-order valence-corrected chi connectivity index (χ4v) is 4.07. The molecule has 0 N–H and O–H groups in total. The first kappa shape index (κ1) is 25.2. The summed E-state index contributed by atoms with van der Waals surface area (Å²) in [4.78, 5) is 14.1. The number of carbonyl (C=O) groups excluding carboxylic acids is 1. The first-order valence-corrected chi connectivity index (χ1v) is 9.77. The Morgan fingerprint density at radius 1 is 1.24 bits per heavy atom. The quantitative estimate of drug-likeness (QED) is 0.467. The summed E-state index contributed by atoms with van der Waals surface area (Å²) in [6, 6.07) is 5.98. The monoisotopic (exact) mass is 427 g/mol. The lowest BCUT2D eigenvalue weighted by Crippen LogP contribution is -2.11. The predicted molar refractivity (Wildman–Crippen MR) is 112 cm³/mol. The molecule has 2 nitrogen and oxygen atoms in total. The molecule has 1 heterocycles. The van der Waals surface area contributed by atoms with Crippen molar-refractivity contribution in [3.63, 3.8) is 0 Å². The summed E-state index contributed by atoms with van der Waals surface area (Å²) in [6.45, 7) is 4.46. The zero-order chi connectivity index (χ0) is 20.9. The summed E-state index contributed by atoms with van der Waals surface area (Å²) >= 11 is 6.06. The molecule has 0 saturated heterocycles. The van der Waals surface area contributed by atoms with Crippen LogP contribution in [0.2, 0.25) is 5.02 Å². The van der Waals surface area contributed by atoms with Gasteiger partial charge >= 0.3 is 0 Å². The molecule has 0 aliphatic heterocycles. The highest BCUT2D eigenvalue weighted by Crippen LogP contribution is 2.39.